The lowest BCUT2D eigenvalue weighted by atomic mass is 9.93. The molecule has 4 nitrogen and oxygen atoms in total. The van der Waals surface area contributed by atoms with Gasteiger partial charge < -0.3 is 10.5 Å². The molecule has 1 atom stereocenters. The average molecular weight is 352 g/mol. The zero-order chi connectivity index (χ0) is 17.9. The first-order chi connectivity index (χ1) is 11.2. The normalized spacial score (nSPS) is 13.0. The van der Waals surface area contributed by atoms with Gasteiger partial charge in [0.2, 0.25) is 0 Å². The quantitative estimate of drug-likeness (QED) is 0.784. The number of nitrogens with two attached hydrogens (primary N) is 1. The molecule has 0 aliphatic rings. The minimum atomic E-state index is -0.571. The van der Waals surface area contributed by atoms with Crippen LogP contribution in [0.3, 0.4) is 0 Å². The third-order valence-electron chi connectivity index (χ3n) is 3.56. The maximum absolute atomic E-state index is 14.1. The second kappa shape index (κ2) is 7.45. The Bertz CT molecular complexity index is 716. The van der Waals surface area contributed by atoms with Crippen LogP contribution in [0.1, 0.15) is 32.9 Å². The lowest BCUT2D eigenvalue weighted by molar-refractivity contribution is 0.227. The van der Waals surface area contributed by atoms with Crippen LogP contribution < -0.4 is 10.5 Å². The molecule has 130 valence electrons. The molecule has 0 spiro atoms. The number of halogens is 2. The Kier molecular flexibility index (Phi) is 5.78. The van der Waals surface area contributed by atoms with E-state index in [9.17, 15) is 4.39 Å². The van der Waals surface area contributed by atoms with Crippen LogP contribution in [0.5, 0.6) is 5.75 Å². The highest BCUT2D eigenvalue weighted by Gasteiger charge is 2.17. The molecule has 0 saturated heterocycles. The van der Waals surface area contributed by atoms with E-state index in [0.717, 1.165) is 6.42 Å². The first kappa shape index (κ1) is 18.6. The molecule has 0 saturated carbocycles. The van der Waals surface area contributed by atoms with E-state index in [1.54, 1.807) is 18.2 Å². The minimum absolute atomic E-state index is 0.162. The molecule has 0 aliphatic heterocycles. The number of nitrogens with zero attached hydrogens (tertiary/aromatic N) is 2. The van der Waals surface area contributed by atoms with E-state index in [1.165, 1.54) is 6.20 Å². The van der Waals surface area contributed by atoms with Crippen molar-refractivity contribution in [3.05, 3.63) is 41.1 Å². The largest absolute Gasteiger partial charge is 0.491 e. The molecular formula is C18H23ClFN3O. The Morgan fingerprint density at radius 2 is 2.04 bits per heavy atom. The smallest absolute Gasteiger partial charge is 0.169 e. The van der Waals surface area contributed by atoms with E-state index in [4.69, 9.17) is 22.1 Å². The van der Waals surface area contributed by atoms with Crippen LogP contribution in [0.25, 0.3) is 11.3 Å². The summed E-state index contributed by atoms with van der Waals surface area (Å²) in [6.07, 6.45) is 2.32. The van der Waals surface area contributed by atoms with Gasteiger partial charge in [0.1, 0.15) is 5.75 Å². The highest BCUT2D eigenvalue weighted by molar-refractivity contribution is 6.29. The van der Waals surface area contributed by atoms with Gasteiger partial charge >= 0.3 is 0 Å². The summed E-state index contributed by atoms with van der Waals surface area (Å²) in [5, 5.41) is -0.162. The van der Waals surface area contributed by atoms with E-state index < -0.39 is 5.82 Å². The Balaban J connectivity index is 2.11. The number of aromatic nitrogens is 2. The predicted molar refractivity (Wildman–Crippen MR) is 94.7 cm³/mol. The van der Waals surface area contributed by atoms with Crippen LogP contribution >= 0.6 is 11.6 Å². The van der Waals surface area contributed by atoms with Gasteiger partial charge in [-0.05, 0) is 51.3 Å². The highest BCUT2D eigenvalue weighted by atomic mass is 35.5. The number of aryl methyl sites for hydroxylation is 1. The molecule has 0 fully saturated rings. The van der Waals surface area contributed by atoms with Crippen molar-refractivity contribution >= 4 is 11.6 Å². The van der Waals surface area contributed by atoms with Crippen LogP contribution in [0.15, 0.2) is 24.4 Å². The van der Waals surface area contributed by atoms with Gasteiger partial charge in [0.05, 0.1) is 18.0 Å². The zero-order valence-electron chi connectivity index (χ0n) is 14.4. The first-order valence-electron chi connectivity index (χ1n) is 7.87. The molecule has 2 heterocycles. The summed E-state index contributed by atoms with van der Waals surface area (Å²) in [6.45, 7) is 8.48. The highest BCUT2D eigenvalue weighted by Crippen LogP contribution is 2.27. The number of hydrogen-bond donors (Lipinski definition) is 1. The number of hydrogen-bond acceptors (Lipinski definition) is 4. The lowest BCUT2D eigenvalue weighted by Crippen LogP contribution is -2.35. The predicted octanol–water partition coefficient (Wildman–Crippen LogP) is 4.39. The molecule has 0 amide bonds. The van der Waals surface area contributed by atoms with Crippen molar-refractivity contribution in [2.24, 2.45) is 11.7 Å². The molecule has 2 N–H and O–H groups in total. The Morgan fingerprint density at radius 1 is 1.33 bits per heavy atom. The molecule has 0 aromatic carbocycles. The zero-order valence-corrected chi connectivity index (χ0v) is 15.2. The van der Waals surface area contributed by atoms with Gasteiger partial charge in [-0.15, -0.1) is 0 Å². The fourth-order valence-corrected chi connectivity index (χ4v) is 2.81. The summed E-state index contributed by atoms with van der Waals surface area (Å²) in [4.78, 5) is 8.13. The van der Waals surface area contributed by atoms with Crippen molar-refractivity contribution < 1.29 is 9.13 Å². The monoisotopic (exact) mass is 351 g/mol. The molecule has 24 heavy (non-hydrogen) atoms. The van der Waals surface area contributed by atoms with E-state index in [1.807, 2.05) is 20.8 Å². The van der Waals surface area contributed by atoms with Gasteiger partial charge in [-0.2, -0.15) is 0 Å². The van der Waals surface area contributed by atoms with Gasteiger partial charge in [0.15, 0.2) is 11.0 Å². The van der Waals surface area contributed by atoms with Gasteiger partial charge in [0, 0.05) is 17.3 Å². The molecule has 0 unspecified atom stereocenters. The Hall–Kier alpha value is -1.72. The van der Waals surface area contributed by atoms with Crippen molar-refractivity contribution in [1.29, 1.82) is 0 Å². The summed E-state index contributed by atoms with van der Waals surface area (Å²) >= 11 is 5.72. The molecule has 6 heteroatoms. The van der Waals surface area contributed by atoms with E-state index >= 15 is 0 Å². The van der Waals surface area contributed by atoms with E-state index in [0.29, 0.717) is 35.2 Å². The number of pyridine rings is 2. The van der Waals surface area contributed by atoms with Gasteiger partial charge in [-0.1, -0.05) is 18.5 Å². The third kappa shape index (κ3) is 4.89. The second-order valence-electron chi connectivity index (χ2n) is 6.85. The number of ether oxygens (including phenoxy) is 1. The fraction of sp³-hybridized carbons (Fsp3) is 0.444. The summed E-state index contributed by atoms with van der Waals surface area (Å²) in [5.41, 5.74) is 7.32. The second-order valence-corrected chi connectivity index (χ2v) is 7.21. The number of rotatable bonds is 6. The van der Waals surface area contributed by atoms with Crippen LogP contribution in [0, 0.1) is 18.7 Å². The van der Waals surface area contributed by atoms with E-state index in [-0.39, 0.29) is 10.7 Å². The molecule has 0 radical (unpaired) electrons. The van der Waals surface area contributed by atoms with Gasteiger partial charge in [-0.25, -0.2) is 14.4 Å². The molecule has 0 aliphatic carbocycles. The summed E-state index contributed by atoms with van der Waals surface area (Å²) in [7, 11) is 0. The van der Waals surface area contributed by atoms with Crippen LogP contribution in [0.4, 0.5) is 4.39 Å². The first-order valence-corrected chi connectivity index (χ1v) is 8.25. The maximum atomic E-state index is 14.1. The lowest BCUT2D eigenvalue weighted by Gasteiger charge is -2.23. The molecule has 0 bridgehead atoms. The summed E-state index contributed by atoms with van der Waals surface area (Å²) in [6, 6.07) is 5.06. The average Bonchev–Trinajstić information content (AvgIpc) is 2.47. The van der Waals surface area contributed by atoms with Crippen molar-refractivity contribution in [2.75, 3.05) is 6.61 Å². The summed E-state index contributed by atoms with van der Waals surface area (Å²) < 4.78 is 19.9. The third-order valence-corrected chi connectivity index (χ3v) is 3.82. The Labute approximate surface area is 147 Å². The molecule has 2 rings (SSSR count). The topological polar surface area (TPSA) is 61.0 Å². The van der Waals surface area contributed by atoms with Crippen molar-refractivity contribution in [3.63, 3.8) is 0 Å². The van der Waals surface area contributed by atoms with Crippen LogP contribution in [-0.2, 0) is 0 Å². The minimum Gasteiger partial charge on any atom is -0.491 e. The molecule has 2 aromatic heterocycles. The van der Waals surface area contributed by atoms with Crippen molar-refractivity contribution in [1.82, 2.24) is 9.97 Å². The van der Waals surface area contributed by atoms with Gasteiger partial charge in [-0.3, -0.25) is 0 Å². The van der Waals surface area contributed by atoms with Crippen molar-refractivity contribution in [3.8, 4) is 17.0 Å². The van der Waals surface area contributed by atoms with E-state index in [2.05, 4.69) is 16.9 Å². The standard InChI is InChI=1S/C18H23ClFN3O/c1-11(9-18(3,4)21)10-24-15-6-5-14(23-12(15)2)13-7-8-22-17(19)16(13)20/h5-8,11H,9-10,21H2,1-4H3/t11-/m0/s1. The van der Waals surface area contributed by atoms with Crippen LogP contribution in [0.2, 0.25) is 5.15 Å². The maximum Gasteiger partial charge on any atom is 0.169 e. The Morgan fingerprint density at radius 3 is 2.67 bits per heavy atom. The van der Waals surface area contributed by atoms with Gasteiger partial charge in [0.25, 0.3) is 0 Å². The van der Waals surface area contributed by atoms with Crippen molar-refractivity contribution in [2.45, 2.75) is 39.7 Å². The molecular weight excluding hydrogens is 329 g/mol. The summed E-state index contributed by atoms with van der Waals surface area (Å²) in [5.74, 6) is 0.431. The SMILES string of the molecule is Cc1nc(-c2ccnc(Cl)c2F)ccc1OC[C@@H](C)CC(C)(C)N. The fourth-order valence-electron chi connectivity index (χ4n) is 2.66. The van der Waals surface area contributed by atoms with Crippen LogP contribution in [-0.4, -0.2) is 22.1 Å². The molecule has 2 aromatic rings.